The molecule has 0 radical (unpaired) electrons. The average Bonchev–Trinajstić information content (AvgIpc) is 2.87. The maximum atomic E-state index is 11.6. The zero-order valence-corrected chi connectivity index (χ0v) is 47.4. The number of unbranched alkanes of at least 4 members (excludes halogenated alkanes) is 1. The first-order valence-electron chi connectivity index (χ1n) is 17.5. The van der Waals surface area contributed by atoms with Crippen molar-refractivity contribution in [3.8, 4) is 0 Å². The zero-order valence-electron chi connectivity index (χ0n) is 34.4. The van der Waals surface area contributed by atoms with Gasteiger partial charge in [0.05, 0.1) is 37.0 Å². The molecule has 0 fully saturated rings. The van der Waals surface area contributed by atoms with Gasteiger partial charge in [-0.1, -0.05) is 6.58 Å². The molecule has 0 aromatic heterocycles. The van der Waals surface area contributed by atoms with Crippen molar-refractivity contribution in [3.05, 3.63) is 12.2 Å². The van der Waals surface area contributed by atoms with E-state index in [-0.39, 0.29) is 22.8 Å². The van der Waals surface area contributed by atoms with Crippen LogP contribution in [0.25, 0.3) is 0 Å². The summed E-state index contributed by atoms with van der Waals surface area (Å²) in [4.78, 5) is 11.6. The molecule has 49 heavy (non-hydrogen) atoms. The van der Waals surface area contributed by atoms with Gasteiger partial charge in [0.25, 0.3) is 0 Å². The largest absolute Gasteiger partial charge is 0.478 e. The van der Waals surface area contributed by atoms with Crippen LogP contribution in [-0.4, -0.2) is 138 Å². The highest BCUT2D eigenvalue weighted by Crippen LogP contribution is 2.36. The molecule has 3 unspecified atom stereocenters. The van der Waals surface area contributed by atoms with Crippen LogP contribution in [0.4, 0.5) is 0 Å². The second-order valence-corrected chi connectivity index (χ2v) is 48.4. The van der Waals surface area contributed by atoms with Gasteiger partial charge in [-0.2, -0.15) is 0 Å². The molecule has 0 aromatic carbocycles. The monoisotopic (exact) mass is 866 g/mol. The fourth-order valence-electron chi connectivity index (χ4n) is 5.27. The summed E-state index contributed by atoms with van der Waals surface area (Å²) in [6.07, 6.45) is 1.66. The van der Waals surface area contributed by atoms with E-state index in [0.717, 1.165) is 0 Å². The molecule has 1 N–H and O–H groups in total. The molecule has 3 atom stereocenters. The summed E-state index contributed by atoms with van der Waals surface area (Å²) in [5.74, 6) is -0.971. The standard InChI is InChI=1S/C28H74O11Si10/c1-24(28(29)30)19-17-18-20-49(37-46(11,12)25(21-31-40)34-43(2,3)4,38-47(13,14)26(22-32-41)35-44(5,6)7)39-48(15,16)27(23-33-42)36-45(8,9)10/h25-27H,1,17-23H2,2-16,40-42H3,(H,29,30). The molecule has 0 saturated heterocycles. The van der Waals surface area contributed by atoms with Crippen LogP contribution in [0.15, 0.2) is 12.2 Å². The first-order chi connectivity index (χ1) is 21.9. The van der Waals surface area contributed by atoms with Crippen molar-refractivity contribution >= 4 is 96.1 Å². The highest BCUT2D eigenvalue weighted by Gasteiger charge is 2.57. The van der Waals surface area contributed by atoms with E-state index in [1.165, 1.54) is 0 Å². The molecule has 0 aliphatic rings. The Balaban J connectivity index is 7.51. The van der Waals surface area contributed by atoms with Crippen molar-refractivity contribution < 1.29 is 48.8 Å². The third kappa shape index (κ3) is 20.3. The lowest BCUT2D eigenvalue weighted by Crippen LogP contribution is -2.69. The Labute approximate surface area is 316 Å². The van der Waals surface area contributed by atoms with E-state index in [1.807, 2.05) is 0 Å². The molecule has 0 aliphatic heterocycles. The van der Waals surface area contributed by atoms with Crippen LogP contribution < -0.4 is 0 Å². The highest BCUT2D eigenvalue weighted by atomic mass is 28.5. The number of hydrogen-bond acceptors (Lipinski definition) is 10. The molecule has 0 bridgehead atoms. The maximum absolute atomic E-state index is 11.6. The highest BCUT2D eigenvalue weighted by molar-refractivity contribution is 6.92. The Morgan fingerprint density at radius 3 is 1.08 bits per heavy atom. The van der Waals surface area contributed by atoms with Crippen LogP contribution in [0.5, 0.6) is 0 Å². The van der Waals surface area contributed by atoms with E-state index in [2.05, 4.69) is 105 Å². The SMILES string of the molecule is C=C(CCCC[Si](O[Si](C)(C)C(CO[SiH3])O[Si](C)(C)C)(O[Si](C)(C)C(CO[SiH3])O[Si](C)(C)C)O[Si](C)(C)C(CO[SiH3])O[Si](C)(C)C)C(=O)O. The second kappa shape index (κ2) is 20.6. The molecular weight excluding hydrogens is 793 g/mol. The van der Waals surface area contributed by atoms with Gasteiger partial charge >= 0.3 is 14.8 Å². The quantitative estimate of drug-likeness (QED) is 0.0742. The zero-order chi connectivity index (χ0) is 38.7. The number of hydrogen-bond donors (Lipinski definition) is 1. The molecule has 21 heteroatoms. The topological polar surface area (TPSA) is 120 Å². The fourth-order valence-corrected chi connectivity index (χ4v) is 33.0. The lowest BCUT2D eigenvalue weighted by molar-refractivity contribution is -0.132. The molecular formula is C28H74O11Si10. The summed E-state index contributed by atoms with van der Waals surface area (Å²) in [6, 6.07) is 0.521. The minimum atomic E-state index is -3.62. The van der Waals surface area contributed by atoms with Gasteiger partial charge in [-0.15, -0.1) is 0 Å². The predicted octanol–water partition coefficient (Wildman–Crippen LogP) is 3.57. The summed E-state index contributed by atoms with van der Waals surface area (Å²) >= 11 is 0. The minimum Gasteiger partial charge on any atom is -0.478 e. The Morgan fingerprint density at radius 2 is 0.857 bits per heavy atom. The normalized spacial score (nSPS) is 17.2. The number of aliphatic carboxylic acids is 1. The molecule has 0 amide bonds. The van der Waals surface area contributed by atoms with Gasteiger partial charge in [0.1, 0.15) is 31.5 Å². The van der Waals surface area contributed by atoms with Crippen molar-refractivity contribution in [3.63, 3.8) is 0 Å². The predicted molar refractivity (Wildman–Crippen MR) is 229 cm³/mol. The number of carboxylic acids is 1. The van der Waals surface area contributed by atoms with Crippen LogP contribution in [-0.2, 0) is 43.7 Å². The summed E-state index contributed by atoms with van der Waals surface area (Å²) in [5.41, 5.74) is -0.442. The van der Waals surface area contributed by atoms with Gasteiger partial charge in [-0.05, 0) is 117 Å². The Hall–Kier alpha value is 1.02. The van der Waals surface area contributed by atoms with Gasteiger partial charge < -0.3 is 44.0 Å². The Kier molecular flexibility index (Phi) is 21.1. The first-order valence-corrected chi connectivity index (χ1v) is 41.0. The summed E-state index contributed by atoms with van der Waals surface area (Å²) in [5, 5.41) is 9.51. The Morgan fingerprint density at radius 1 is 0.571 bits per heavy atom. The van der Waals surface area contributed by atoms with E-state index in [1.54, 1.807) is 0 Å². The molecule has 0 heterocycles. The van der Waals surface area contributed by atoms with E-state index in [0.29, 0.717) is 76.6 Å². The number of carbonyl (C=O) groups is 1. The molecule has 0 rings (SSSR count). The third-order valence-corrected chi connectivity index (χ3v) is 28.7. The molecule has 292 valence electrons. The number of rotatable bonds is 27. The van der Waals surface area contributed by atoms with Gasteiger partial charge in [-0.3, -0.25) is 0 Å². The first kappa shape index (κ1) is 50.0. The summed E-state index contributed by atoms with van der Waals surface area (Å²) in [7, 11) is -16.1. The van der Waals surface area contributed by atoms with Crippen molar-refractivity contribution in [2.75, 3.05) is 19.8 Å². The van der Waals surface area contributed by atoms with Crippen LogP contribution in [0.3, 0.4) is 0 Å². The average molecular weight is 868 g/mol. The molecule has 0 spiro atoms. The van der Waals surface area contributed by atoms with Crippen molar-refractivity contribution in [1.29, 1.82) is 0 Å². The Bertz CT molecular complexity index is 917. The van der Waals surface area contributed by atoms with Gasteiger partial charge in [0.15, 0.2) is 25.0 Å². The smallest absolute Gasteiger partial charge is 0.469 e. The van der Waals surface area contributed by atoms with E-state index in [4.69, 9.17) is 38.9 Å². The van der Waals surface area contributed by atoms with Gasteiger partial charge in [0.2, 0.25) is 25.0 Å². The minimum absolute atomic E-state index is 0.197. The van der Waals surface area contributed by atoms with Gasteiger partial charge in [-0.25, -0.2) is 4.79 Å². The van der Waals surface area contributed by atoms with Gasteiger partial charge in [0, 0.05) is 11.6 Å². The molecule has 0 aliphatic carbocycles. The fraction of sp³-hybridized carbons (Fsp3) is 0.893. The van der Waals surface area contributed by atoms with Crippen molar-refractivity contribution in [2.24, 2.45) is 0 Å². The van der Waals surface area contributed by atoms with Crippen LogP contribution in [0.2, 0.25) is 104 Å². The third-order valence-electron chi connectivity index (χ3n) is 7.54. The van der Waals surface area contributed by atoms with E-state index < -0.39 is 64.7 Å². The van der Waals surface area contributed by atoms with Crippen LogP contribution >= 0.6 is 0 Å². The second-order valence-electron chi connectivity index (χ2n) is 17.4. The lowest BCUT2D eigenvalue weighted by atomic mass is 10.1. The number of carboxylic acid groups (broad SMARTS) is 1. The summed E-state index contributed by atoms with van der Waals surface area (Å²) in [6.45, 7) is 38.0. The van der Waals surface area contributed by atoms with E-state index >= 15 is 0 Å². The maximum Gasteiger partial charge on any atom is 0.469 e. The van der Waals surface area contributed by atoms with Crippen LogP contribution in [0, 0.1) is 0 Å². The van der Waals surface area contributed by atoms with Crippen molar-refractivity contribution in [1.82, 2.24) is 0 Å². The molecule has 11 nitrogen and oxygen atoms in total. The molecule has 0 aromatic rings. The van der Waals surface area contributed by atoms with E-state index in [9.17, 15) is 9.90 Å². The lowest BCUT2D eigenvalue weighted by Gasteiger charge is -2.50. The molecule has 0 saturated carbocycles. The summed E-state index contributed by atoms with van der Waals surface area (Å²) < 4.78 is 60.7. The van der Waals surface area contributed by atoms with Crippen molar-refractivity contribution in [2.45, 2.75) is 141 Å². The van der Waals surface area contributed by atoms with Crippen LogP contribution in [0.1, 0.15) is 19.3 Å².